The third-order valence-corrected chi connectivity index (χ3v) is 5.17. The van der Waals surface area contributed by atoms with Crippen LogP contribution in [0.15, 0.2) is 22.7 Å². The first-order valence-corrected chi connectivity index (χ1v) is 8.47. The van der Waals surface area contributed by atoms with Crippen molar-refractivity contribution in [2.24, 2.45) is 5.92 Å². The number of rotatable bonds is 3. The molecular formula is C17H20BrN3O2. The second-order valence-corrected chi connectivity index (χ2v) is 6.79. The minimum Gasteiger partial charge on any atom is -0.349 e. The molecule has 122 valence electrons. The lowest BCUT2D eigenvalue weighted by Gasteiger charge is -2.32. The fraction of sp³-hybridized carbons (Fsp3) is 0.471. The van der Waals surface area contributed by atoms with E-state index in [0.717, 1.165) is 34.2 Å². The van der Waals surface area contributed by atoms with Gasteiger partial charge in [0.25, 0.3) is 5.91 Å². The number of carbonyl (C=O) groups excluding carboxylic acids is 2. The number of carbonyl (C=O) groups is 2. The Balaban J connectivity index is 2.12. The van der Waals surface area contributed by atoms with Gasteiger partial charge in [0.1, 0.15) is 0 Å². The summed E-state index contributed by atoms with van der Waals surface area (Å²) < 4.78 is 0.880. The molecule has 0 bridgehead atoms. The third-order valence-electron chi connectivity index (χ3n) is 4.31. The summed E-state index contributed by atoms with van der Waals surface area (Å²) in [5, 5.41) is 11.9. The van der Waals surface area contributed by atoms with E-state index in [1.54, 1.807) is 12.1 Å². The van der Waals surface area contributed by atoms with Crippen LogP contribution < -0.4 is 5.32 Å². The summed E-state index contributed by atoms with van der Waals surface area (Å²) in [6, 6.07) is 5.22. The van der Waals surface area contributed by atoms with Gasteiger partial charge in [-0.3, -0.25) is 14.5 Å². The number of aryl methyl sites for hydroxylation is 1. The average Bonchev–Trinajstić information content (AvgIpc) is 2.56. The zero-order valence-electron chi connectivity index (χ0n) is 13.3. The molecule has 1 aliphatic rings. The van der Waals surface area contributed by atoms with E-state index in [4.69, 9.17) is 5.26 Å². The smallest absolute Gasteiger partial charge is 0.251 e. The average molecular weight is 378 g/mol. The lowest BCUT2D eigenvalue weighted by Crippen LogP contribution is -2.48. The number of hydrogen-bond acceptors (Lipinski definition) is 3. The van der Waals surface area contributed by atoms with Crippen LogP contribution in [0.5, 0.6) is 0 Å². The van der Waals surface area contributed by atoms with Gasteiger partial charge in [0.2, 0.25) is 5.91 Å². The molecule has 23 heavy (non-hydrogen) atoms. The number of benzene rings is 1. The van der Waals surface area contributed by atoms with Crippen LogP contribution in [-0.4, -0.2) is 29.8 Å². The molecule has 1 saturated carbocycles. The maximum atomic E-state index is 12.5. The molecule has 1 aliphatic carbocycles. The standard InChI is InChI=1S/C17H20BrN3O2/c1-11-7-8-12(9-14(11)18)16(22)20-15-6-4-3-5-13(15)17(23)21(2)10-19/h7-9,13,15H,3-6H2,1-2H3,(H,20,22)/t13-,15-/m1/s1. The molecule has 0 heterocycles. The van der Waals surface area contributed by atoms with Crippen molar-refractivity contribution in [2.75, 3.05) is 7.05 Å². The number of nitrogens with zero attached hydrogens (tertiary/aromatic N) is 2. The summed E-state index contributed by atoms with van der Waals surface area (Å²) in [6.45, 7) is 1.96. The topological polar surface area (TPSA) is 73.2 Å². The van der Waals surface area contributed by atoms with Gasteiger partial charge in [-0.05, 0) is 37.5 Å². The van der Waals surface area contributed by atoms with Crippen LogP contribution in [0, 0.1) is 24.3 Å². The van der Waals surface area contributed by atoms with E-state index in [2.05, 4.69) is 21.2 Å². The zero-order valence-corrected chi connectivity index (χ0v) is 14.9. The number of nitrogens with one attached hydrogen (secondary N) is 1. The highest BCUT2D eigenvalue weighted by atomic mass is 79.9. The fourth-order valence-electron chi connectivity index (χ4n) is 2.88. The predicted molar refractivity (Wildman–Crippen MR) is 90.5 cm³/mol. The van der Waals surface area contributed by atoms with Crippen molar-refractivity contribution in [2.45, 2.75) is 38.6 Å². The summed E-state index contributed by atoms with van der Waals surface area (Å²) in [5.41, 5.74) is 1.62. The third kappa shape index (κ3) is 4.11. The van der Waals surface area contributed by atoms with Crippen molar-refractivity contribution in [3.63, 3.8) is 0 Å². The monoisotopic (exact) mass is 377 g/mol. The Morgan fingerprint density at radius 2 is 2.04 bits per heavy atom. The summed E-state index contributed by atoms with van der Waals surface area (Å²) in [4.78, 5) is 25.8. The molecule has 2 amide bonds. The van der Waals surface area contributed by atoms with Crippen LogP contribution in [0.3, 0.4) is 0 Å². The van der Waals surface area contributed by atoms with Gasteiger partial charge in [0.15, 0.2) is 6.19 Å². The summed E-state index contributed by atoms with van der Waals surface area (Å²) >= 11 is 3.43. The van der Waals surface area contributed by atoms with Crippen molar-refractivity contribution in [1.82, 2.24) is 10.2 Å². The Bertz CT molecular complexity index is 654. The minimum atomic E-state index is -0.328. The summed E-state index contributed by atoms with van der Waals surface area (Å²) in [5.74, 6) is -0.733. The highest BCUT2D eigenvalue weighted by molar-refractivity contribution is 9.10. The van der Waals surface area contributed by atoms with E-state index in [-0.39, 0.29) is 23.8 Å². The Morgan fingerprint density at radius 3 is 2.70 bits per heavy atom. The van der Waals surface area contributed by atoms with Gasteiger partial charge < -0.3 is 5.32 Å². The van der Waals surface area contributed by atoms with Gasteiger partial charge in [0, 0.05) is 23.1 Å². The van der Waals surface area contributed by atoms with E-state index in [9.17, 15) is 9.59 Å². The number of amides is 2. The molecule has 0 aliphatic heterocycles. The molecule has 0 aromatic heterocycles. The van der Waals surface area contributed by atoms with Gasteiger partial charge in [-0.25, -0.2) is 0 Å². The molecule has 1 N–H and O–H groups in total. The van der Waals surface area contributed by atoms with Gasteiger partial charge in [0.05, 0.1) is 5.92 Å². The largest absolute Gasteiger partial charge is 0.349 e. The second kappa shape index (κ2) is 7.60. The maximum Gasteiger partial charge on any atom is 0.251 e. The summed E-state index contributed by atoms with van der Waals surface area (Å²) in [7, 11) is 1.47. The van der Waals surface area contributed by atoms with Crippen molar-refractivity contribution in [1.29, 1.82) is 5.26 Å². The van der Waals surface area contributed by atoms with Gasteiger partial charge in [-0.1, -0.05) is 34.8 Å². The first-order valence-electron chi connectivity index (χ1n) is 7.68. The molecule has 2 atom stereocenters. The van der Waals surface area contributed by atoms with Crippen LogP contribution in [0.2, 0.25) is 0 Å². The van der Waals surface area contributed by atoms with Gasteiger partial charge in [-0.15, -0.1) is 0 Å². The quantitative estimate of drug-likeness (QED) is 0.649. The van der Waals surface area contributed by atoms with Crippen molar-refractivity contribution >= 4 is 27.7 Å². The van der Waals surface area contributed by atoms with Crippen LogP contribution in [0.1, 0.15) is 41.6 Å². The van der Waals surface area contributed by atoms with Crippen molar-refractivity contribution < 1.29 is 9.59 Å². The van der Waals surface area contributed by atoms with Gasteiger partial charge in [-0.2, -0.15) is 5.26 Å². The molecule has 5 nitrogen and oxygen atoms in total. The Kier molecular flexibility index (Phi) is 5.78. The molecule has 1 aromatic rings. The van der Waals surface area contributed by atoms with E-state index in [0.29, 0.717) is 12.0 Å². The molecule has 0 unspecified atom stereocenters. The van der Waals surface area contributed by atoms with Gasteiger partial charge >= 0.3 is 0 Å². The highest BCUT2D eigenvalue weighted by Crippen LogP contribution is 2.26. The fourth-order valence-corrected chi connectivity index (χ4v) is 3.26. The first-order chi connectivity index (χ1) is 10.9. The van der Waals surface area contributed by atoms with E-state index in [1.807, 2.05) is 19.2 Å². The second-order valence-electron chi connectivity index (χ2n) is 5.93. The molecule has 1 fully saturated rings. The SMILES string of the molecule is Cc1ccc(C(=O)N[C@@H]2CCCC[C@H]2C(=O)N(C)C#N)cc1Br. The minimum absolute atomic E-state index is 0.185. The van der Waals surface area contributed by atoms with Crippen LogP contribution in [0.25, 0.3) is 0 Å². The first kappa shape index (κ1) is 17.5. The van der Waals surface area contributed by atoms with Crippen LogP contribution in [0.4, 0.5) is 0 Å². The van der Waals surface area contributed by atoms with Crippen LogP contribution >= 0.6 is 15.9 Å². The summed E-state index contributed by atoms with van der Waals surface area (Å²) in [6.07, 6.45) is 5.22. The molecule has 1 aromatic carbocycles. The van der Waals surface area contributed by atoms with Crippen molar-refractivity contribution in [3.8, 4) is 6.19 Å². The normalized spacial score (nSPS) is 20.4. The Hall–Kier alpha value is -1.87. The lowest BCUT2D eigenvalue weighted by atomic mass is 9.83. The van der Waals surface area contributed by atoms with E-state index in [1.165, 1.54) is 7.05 Å². The number of hydrogen-bond donors (Lipinski definition) is 1. The Labute approximate surface area is 144 Å². The highest BCUT2D eigenvalue weighted by Gasteiger charge is 2.34. The van der Waals surface area contributed by atoms with Crippen molar-refractivity contribution in [3.05, 3.63) is 33.8 Å². The van der Waals surface area contributed by atoms with E-state index < -0.39 is 0 Å². The lowest BCUT2D eigenvalue weighted by molar-refractivity contribution is -0.133. The molecule has 0 spiro atoms. The number of nitriles is 1. The van der Waals surface area contributed by atoms with Crippen LogP contribution in [-0.2, 0) is 4.79 Å². The zero-order chi connectivity index (χ0) is 17.0. The molecule has 2 rings (SSSR count). The molecule has 0 saturated heterocycles. The molecular weight excluding hydrogens is 358 g/mol. The predicted octanol–water partition coefficient (Wildman–Crippen LogP) is 2.99. The molecule has 6 heteroatoms. The number of halogens is 1. The Morgan fingerprint density at radius 1 is 1.35 bits per heavy atom. The molecule has 0 radical (unpaired) electrons. The van der Waals surface area contributed by atoms with E-state index >= 15 is 0 Å². The maximum absolute atomic E-state index is 12.5.